The number of hydrogen-bond donors (Lipinski definition) is 3. The summed E-state index contributed by atoms with van der Waals surface area (Å²) in [5.41, 5.74) is 6.69. The predicted molar refractivity (Wildman–Crippen MR) is 334 cm³/mol. The van der Waals surface area contributed by atoms with Gasteiger partial charge in [0.1, 0.15) is 6.04 Å². The molecule has 0 bridgehead atoms. The Balaban J connectivity index is 0.0000101. The maximum atomic E-state index is 14.4. The second-order valence-corrected chi connectivity index (χ2v) is 24.5. The lowest BCUT2D eigenvalue weighted by Gasteiger charge is -2.35. The summed E-state index contributed by atoms with van der Waals surface area (Å²) in [4.78, 5) is 41.6. The molecule has 10 heteroatoms. The van der Waals surface area contributed by atoms with Gasteiger partial charge in [-0.15, -0.1) is 23.5 Å². The number of thioether (sulfide) groups is 2. The average Bonchev–Trinajstić information content (AvgIpc) is 3.44. The molecule has 0 spiro atoms. The molecule has 74 heavy (non-hydrogen) atoms. The predicted octanol–water partition coefficient (Wildman–Crippen LogP) is 15.9. The molecule has 0 aromatic heterocycles. The summed E-state index contributed by atoms with van der Waals surface area (Å²) in [5.74, 6) is 0.412. The first-order valence-corrected chi connectivity index (χ1v) is 31.0. The quantitative estimate of drug-likeness (QED) is 0.0165. The van der Waals surface area contributed by atoms with E-state index in [1.165, 1.54) is 44.9 Å². The number of hydrogen-bond acceptors (Lipinski definition) is 5. The molecule has 0 radical (unpaired) electrons. The van der Waals surface area contributed by atoms with Crippen LogP contribution < -0.4 is 16.0 Å². The maximum absolute atomic E-state index is 14.4. The van der Waals surface area contributed by atoms with Gasteiger partial charge in [-0.3, -0.25) is 14.4 Å². The third kappa shape index (κ3) is 18.3. The first kappa shape index (κ1) is 60.8. The smallest absolute Gasteiger partial charge is 0.242 e. The van der Waals surface area contributed by atoms with Gasteiger partial charge in [-0.25, -0.2) is 0 Å². The highest BCUT2D eigenvalue weighted by molar-refractivity contribution is 14.1. The zero-order chi connectivity index (χ0) is 51.4. The van der Waals surface area contributed by atoms with Gasteiger partial charge in [0.05, 0.1) is 15.2 Å². The van der Waals surface area contributed by atoms with Crippen LogP contribution in [0.1, 0.15) is 138 Å². The van der Waals surface area contributed by atoms with Crippen LogP contribution in [0.2, 0.25) is 0 Å². The Morgan fingerprint density at radius 1 is 0.446 bits per heavy atom. The number of halogens is 2. The van der Waals surface area contributed by atoms with Crippen LogP contribution in [0.3, 0.4) is 0 Å². The largest absolute Gasteiger partial charge is 0.356 e. The molecule has 3 amide bonds. The Morgan fingerprint density at radius 3 is 1.26 bits per heavy atom. The first-order chi connectivity index (χ1) is 35.8. The molecule has 0 aliphatic rings. The molecule has 0 saturated carbocycles. The summed E-state index contributed by atoms with van der Waals surface area (Å²) < 4.78 is 0.109. The van der Waals surface area contributed by atoms with E-state index in [1.54, 1.807) is 23.5 Å². The van der Waals surface area contributed by atoms with Gasteiger partial charge < -0.3 is 16.0 Å². The molecule has 0 heterocycles. The van der Waals surface area contributed by atoms with Crippen molar-refractivity contribution in [3.8, 4) is 0 Å². The molecular formula is C64H79I2N3O3S2. The number of rotatable bonds is 33. The Kier molecular flexibility index (Phi) is 27.8. The van der Waals surface area contributed by atoms with Gasteiger partial charge in [0.25, 0.3) is 0 Å². The highest BCUT2D eigenvalue weighted by atomic mass is 127. The fourth-order valence-electron chi connectivity index (χ4n) is 9.61. The van der Waals surface area contributed by atoms with Gasteiger partial charge in [0.2, 0.25) is 17.7 Å². The van der Waals surface area contributed by atoms with Crippen LogP contribution in [0.5, 0.6) is 0 Å². The molecule has 0 aliphatic carbocycles. The molecule has 3 N–H and O–H groups in total. The van der Waals surface area contributed by atoms with Crippen molar-refractivity contribution in [2.45, 2.75) is 128 Å². The molecule has 0 aliphatic heterocycles. The van der Waals surface area contributed by atoms with Crippen molar-refractivity contribution in [3.63, 3.8) is 0 Å². The van der Waals surface area contributed by atoms with E-state index >= 15 is 0 Å². The highest BCUT2D eigenvalue weighted by Gasteiger charge is 2.39. The molecule has 394 valence electrons. The van der Waals surface area contributed by atoms with E-state index in [9.17, 15) is 14.4 Å². The lowest BCUT2D eigenvalue weighted by Crippen LogP contribution is -2.48. The van der Waals surface area contributed by atoms with E-state index in [-0.39, 0.29) is 30.9 Å². The van der Waals surface area contributed by atoms with Crippen molar-refractivity contribution < 1.29 is 14.4 Å². The molecule has 0 saturated heterocycles. The minimum Gasteiger partial charge on any atom is -0.356 e. The fourth-order valence-corrected chi connectivity index (χ4v) is 14.0. The second-order valence-electron chi connectivity index (χ2n) is 18.8. The average molecular weight is 1260 g/mol. The molecule has 3 unspecified atom stereocenters. The zero-order valence-corrected chi connectivity index (χ0v) is 48.5. The first-order valence-electron chi connectivity index (χ1n) is 26.5. The van der Waals surface area contributed by atoms with E-state index in [2.05, 4.69) is 177 Å². The van der Waals surface area contributed by atoms with Gasteiger partial charge in [-0.1, -0.05) is 286 Å². The number of unbranched alkanes of at least 4 members (excludes halogenated alkanes) is 7. The van der Waals surface area contributed by atoms with Crippen LogP contribution in [0.15, 0.2) is 182 Å². The van der Waals surface area contributed by atoms with Gasteiger partial charge >= 0.3 is 0 Å². The number of benzene rings is 6. The fraction of sp³-hybridized carbons (Fsp3) is 0.391. The van der Waals surface area contributed by atoms with Crippen molar-refractivity contribution >= 4 is 86.4 Å². The molecule has 6 aromatic carbocycles. The lowest BCUT2D eigenvalue weighted by molar-refractivity contribution is -0.128. The van der Waals surface area contributed by atoms with Crippen molar-refractivity contribution in [3.05, 3.63) is 215 Å². The van der Waals surface area contributed by atoms with Crippen LogP contribution >= 0.6 is 68.7 Å². The Bertz CT molecular complexity index is 2280. The minimum atomic E-state index is -0.750. The number of carbonyl (C=O) groups excluding carboxylic acids is 3. The third-order valence-electron chi connectivity index (χ3n) is 13.5. The summed E-state index contributed by atoms with van der Waals surface area (Å²) in [6, 6.07) is 62.0. The zero-order valence-electron chi connectivity index (χ0n) is 42.6. The van der Waals surface area contributed by atoms with Crippen molar-refractivity contribution in [2.24, 2.45) is 0 Å². The highest BCUT2D eigenvalue weighted by Crippen LogP contribution is 2.49. The summed E-state index contributed by atoms with van der Waals surface area (Å²) in [6.45, 7) is 3.21. The van der Waals surface area contributed by atoms with E-state index in [1.807, 2.05) is 72.8 Å². The van der Waals surface area contributed by atoms with E-state index < -0.39 is 15.5 Å². The summed E-state index contributed by atoms with van der Waals surface area (Å²) in [7, 11) is 0. The minimum absolute atomic E-state index is 0. The third-order valence-corrected chi connectivity index (χ3v) is 20.9. The van der Waals surface area contributed by atoms with Crippen molar-refractivity contribution in [1.29, 1.82) is 0 Å². The standard InChI is InChI=1S/C63H75I2N3O3S2.CH4/c1-2-3-4-5-6-25-42-56(64)57(65)43-26-27-45-59(69)66-46-29-28-44-58(68-60(70)49-73-63(53-36-19-10-20-37-53,54-38-21-11-22-39-54)55-40-23-12-24-41-55)61(71)67-47-48-72-62(50-30-13-7-14-31-50,51-32-15-8-16-33-51)52-34-17-9-18-35-52;/h7-24,30-41,56-58H,2-6,25-29,42-49H2,1H3,(H,66,69)(H,67,71)(H,68,70);1H4. The van der Waals surface area contributed by atoms with Gasteiger partial charge in [0.15, 0.2) is 0 Å². The maximum Gasteiger partial charge on any atom is 0.242 e. The summed E-state index contributed by atoms with van der Waals surface area (Å²) in [5, 5.41) is 9.55. The number of amides is 3. The SMILES string of the molecule is C.CCCCCCCCC(I)C(I)CCCCC(=O)NCCCCC(NC(=O)CSC(c1ccccc1)(c1ccccc1)c1ccccc1)C(=O)NCCSC(c1ccccc1)(c1ccccc1)c1ccccc1. The van der Waals surface area contributed by atoms with Gasteiger partial charge in [-0.05, 0) is 71.9 Å². The normalized spacial score (nSPS) is 12.7. The number of carbonyl (C=O) groups is 3. The van der Waals surface area contributed by atoms with Crippen LogP contribution in [-0.4, -0.2) is 56.2 Å². The van der Waals surface area contributed by atoms with Crippen molar-refractivity contribution in [1.82, 2.24) is 16.0 Å². The Hall–Kier alpha value is -4.11. The van der Waals surface area contributed by atoms with Gasteiger partial charge in [-0.2, -0.15) is 0 Å². The lowest BCUT2D eigenvalue weighted by atomic mass is 9.84. The van der Waals surface area contributed by atoms with Crippen LogP contribution in [0.4, 0.5) is 0 Å². The molecule has 6 aromatic rings. The summed E-state index contributed by atoms with van der Waals surface area (Å²) in [6.07, 6.45) is 14.7. The molecule has 0 fully saturated rings. The van der Waals surface area contributed by atoms with Crippen LogP contribution in [-0.2, 0) is 23.9 Å². The van der Waals surface area contributed by atoms with E-state index in [4.69, 9.17) is 0 Å². The number of nitrogens with one attached hydrogen (secondary N) is 3. The molecule has 6 rings (SSSR count). The van der Waals surface area contributed by atoms with Crippen LogP contribution in [0, 0.1) is 0 Å². The molecule has 6 nitrogen and oxygen atoms in total. The topological polar surface area (TPSA) is 87.3 Å². The summed E-state index contributed by atoms with van der Waals surface area (Å²) >= 11 is 8.61. The van der Waals surface area contributed by atoms with Crippen molar-refractivity contribution in [2.75, 3.05) is 24.6 Å². The Labute approximate surface area is 480 Å². The monoisotopic (exact) mass is 1260 g/mol. The van der Waals surface area contributed by atoms with Crippen LogP contribution in [0.25, 0.3) is 0 Å². The van der Waals surface area contributed by atoms with E-state index in [0.29, 0.717) is 52.4 Å². The molecular weight excluding hydrogens is 1180 g/mol. The molecule has 3 atom stereocenters. The second kappa shape index (κ2) is 33.8. The Morgan fingerprint density at radius 2 is 0.824 bits per heavy atom. The number of alkyl halides is 2. The van der Waals surface area contributed by atoms with E-state index in [0.717, 1.165) is 52.6 Å². The van der Waals surface area contributed by atoms with Gasteiger partial charge in [0, 0.05) is 33.1 Å².